The first-order chi connectivity index (χ1) is 13.0. The van der Waals surface area contributed by atoms with Crippen LogP contribution in [0.5, 0.6) is 11.5 Å². The number of fused-ring (bicyclic) bond motifs is 1. The van der Waals surface area contributed by atoms with E-state index in [1.807, 2.05) is 0 Å². The second-order valence-corrected chi connectivity index (χ2v) is 5.84. The van der Waals surface area contributed by atoms with Crippen LogP contribution in [-0.2, 0) is 11.3 Å². The molecule has 0 aliphatic rings. The van der Waals surface area contributed by atoms with Crippen molar-refractivity contribution < 1.29 is 27.8 Å². The highest BCUT2D eigenvalue weighted by Gasteiger charge is 2.15. The lowest BCUT2D eigenvalue weighted by Gasteiger charge is -2.12. The van der Waals surface area contributed by atoms with Crippen LogP contribution in [0.15, 0.2) is 48.5 Å². The average molecular weight is 394 g/mol. The summed E-state index contributed by atoms with van der Waals surface area (Å²) in [5, 5.41) is 0.793. The third-order valence-electron chi connectivity index (χ3n) is 3.72. The summed E-state index contributed by atoms with van der Waals surface area (Å²) in [6.07, 6.45) is 0. The van der Waals surface area contributed by atoms with Gasteiger partial charge in [-0.2, -0.15) is 8.78 Å². The lowest BCUT2D eigenvalue weighted by atomic mass is 10.1. The lowest BCUT2D eigenvalue weighted by Crippen LogP contribution is -2.07. The number of alkyl halides is 2. The Kier molecular flexibility index (Phi) is 5.71. The van der Waals surface area contributed by atoms with Gasteiger partial charge in [0.15, 0.2) is 11.5 Å². The molecule has 0 bridgehead atoms. The summed E-state index contributed by atoms with van der Waals surface area (Å²) >= 11 is 5.97. The third-order valence-corrected chi connectivity index (χ3v) is 3.91. The van der Waals surface area contributed by atoms with Crippen LogP contribution in [-0.4, -0.2) is 24.7 Å². The van der Waals surface area contributed by atoms with Crippen LogP contribution in [0.1, 0.15) is 15.9 Å². The molecule has 8 heteroatoms. The third kappa shape index (κ3) is 4.43. The van der Waals surface area contributed by atoms with Gasteiger partial charge in [-0.3, -0.25) is 0 Å². The fourth-order valence-corrected chi connectivity index (χ4v) is 2.73. The molecule has 2 aromatic carbocycles. The quantitative estimate of drug-likeness (QED) is 0.442. The second-order valence-electron chi connectivity index (χ2n) is 5.45. The van der Waals surface area contributed by atoms with E-state index in [1.54, 1.807) is 24.3 Å². The Morgan fingerprint density at radius 1 is 1.15 bits per heavy atom. The molecule has 0 aliphatic heterocycles. The number of aromatic nitrogens is 1. The van der Waals surface area contributed by atoms with E-state index in [0.29, 0.717) is 16.5 Å². The minimum atomic E-state index is -2.97. The monoisotopic (exact) mass is 393 g/mol. The smallest absolute Gasteiger partial charge is 0.387 e. The zero-order valence-electron chi connectivity index (χ0n) is 14.1. The number of carbonyl (C=O) groups is 1. The summed E-state index contributed by atoms with van der Waals surface area (Å²) in [5.41, 5.74) is 1.41. The van der Waals surface area contributed by atoms with Gasteiger partial charge in [-0.15, -0.1) is 0 Å². The van der Waals surface area contributed by atoms with Crippen LogP contribution >= 0.6 is 11.6 Å². The molecule has 0 amide bonds. The van der Waals surface area contributed by atoms with Crippen molar-refractivity contribution in [1.82, 2.24) is 4.98 Å². The maximum atomic E-state index is 12.5. The maximum Gasteiger partial charge on any atom is 0.387 e. The normalized spacial score (nSPS) is 10.9. The van der Waals surface area contributed by atoms with E-state index in [-0.39, 0.29) is 28.8 Å². The topological polar surface area (TPSA) is 57.7 Å². The SMILES string of the molecule is COc1cc(COC(=O)c2cc(Cl)nc3ccccc23)ccc1OC(F)F. The van der Waals surface area contributed by atoms with E-state index >= 15 is 0 Å². The number of hydrogen-bond acceptors (Lipinski definition) is 5. The van der Waals surface area contributed by atoms with Crippen molar-refractivity contribution in [3.8, 4) is 11.5 Å². The number of hydrogen-bond donors (Lipinski definition) is 0. The van der Waals surface area contributed by atoms with Crippen molar-refractivity contribution in [2.24, 2.45) is 0 Å². The molecule has 3 aromatic rings. The number of para-hydroxylation sites is 1. The summed E-state index contributed by atoms with van der Waals surface area (Å²) < 4.78 is 39.5. The number of benzene rings is 2. The van der Waals surface area contributed by atoms with Crippen LogP contribution in [0.4, 0.5) is 8.78 Å². The van der Waals surface area contributed by atoms with Gasteiger partial charge in [-0.1, -0.05) is 35.9 Å². The van der Waals surface area contributed by atoms with Gasteiger partial charge < -0.3 is 14.2 Å². The second kappa shape index (κ2) is 8.18. The van der Waals surface area contributed by atoms with Gasteiger partial charge in [0, 0.05) is 5.39 Å². The van der Waals surface area contributed by atoms with Crippen molar-refractivity contribution in [2.75, 3.05) is 7.11 Å². The predicted octanol–water partition coefficient (Wildman–Crippen LogP) is 4.86. The number of ether oxygens (including phenoxy) is 3. The molecule has 0 spiro atoms. The summed E-state index contributed by atoms with van der Waals surface area (Å²) in [7, 11) is 1.33. The molecule has 0 fully saturated rings. The van der Waals surface area contributed by atoms with Crippen molar-refractivity contribution >= 4 is 28.5 Å². The molecule has 0 atom stereocenters. The van der Waals surface area contributed by atoms with Gasteiger partial charge in [-0.05, 0) is 29.8 Å². The summed E-state index contributed by atoms with van der Waals surface area (Å²) in [6, 6.07) is 12.8. The van der Waals surface area contributed by atoms with Crippen molar-refractivity contribution in [3.63, 3.8) is 0 Å². The van der Waals surface area contributed by atoms with Gasteiger partial charge in [-0.25, -0.2) is 9.78 Å². The Morgan fingerprint density at radius 3 is 2.67 bits per heavy atom. The van der Waals surface area contributed by atoms with Gasteiger partial charge in [0.1, 0.15) is 11.8 Å². The van der Waals surface area contributed by atoms with Gasteiger partial charge in [0.25, 0.3) is 0 Å². The minimum Gasteiger partial charge on any atom is -0.493 e. The van der Waals surface area contributed by atoms with Crippen LogP contribution in [0, 0.1) is 0 Å². The molecule has 0 aliphatic carbocycles. The predicted molar refractivity (Wildman–Crippen MR) is 95.5 cm³/mol. The highest BCUT2D eigenvalue weighted by molar-refractivity contribution is 6.30. The molecule has 0 unspecified atom stereocenters. The number of methoxy groups -OCH3 is 1. The molecule has 0 radical (unpaired) electrons. The molecular formula is C19H14ClF2NO4. The molecule has 1 aromatic heterocycles. The molecular weight excluding hydrogens is 380 g/mol. The number of halogens is 3. The van der Waals surface area contributed by atoms with E-state index < -0.39 is 12.6 Å². The Balaban J connectivity index is 1.78. The fraction of sp³-hybridized carbons (Fsp3) is 0.158. The number of pyridine rings is 1. The Hall–Kier alpha value is -2.93. The van der Waals surface area contributed by atoms with Crippen molar-refractivity contribution in [1.29, 1.82) is 0 Å². The number of esters is 1. The average Bonchev–Trinajstić information content (AvgIpc) is 2.65. The number of nitrogens with zero attached hydrogens (tertiary/aromatic N) is 1. The van der Waals surface area contributed by atoms with E-state index in [1.165, 1.54) is 31.4 Å². The van der Waals surface area contributed by atoms with Crippen LogP contribution in [0.25, 0.3) is 10.9 Å². The first-order valence-electron chi connectivity index (χ1n) is 7.82. The highest BCUT2D eigenvalue weighted by Crippen LogP contribution is 2.30. The first-order valence-corrected chi connectivity index (χ1v) is 8.20. The fourth-order valence-electron chi connectivity index (χ4n) is 2.53. The van der Waals surface area contributed by atoms with Gasteiger partial charge in [0.2, 0.25) is 0 Å². The molecule has 0 N–H and O–H groups in total. The number of rotatable bonds is 6. The molecule has 1 heterocycles. The summed E-state index contributed by atoms with van der Waals surface area (Å²) in [4.78, 5) is 16.6. The highest BCUT2D eigenvalue weighted by atomic mass is 35.5. The van der Waals surface area contributed by atoms with Gasteiger partial charge in [0.05, 0.1) is 18.2 Å². The first kappa shape index (κ1) is 18.8. The largest absolute Gasteiger partial charge is 0.493 e. The Labute approximate surface area is 158 Å². The molecule has 0 saturated carbocycles. The zero-order chi connectivity index (χ0) is 19.4. The van der Waals surface area contributed by atoms with E-state index in [2.05, 4.69) is 9.72 Å². The maximum absolute atomic E-state index is 12.5. The van der Waals surface area contributed by atoms with Gasteiger partial charge >= 0.3 is 12.6 Å². The lowest BCUT2D eigenvalue weighted by molar-refractivity contribution is -0.0512. The van der Waals surface area contributed by atoms with Crippen LogP contribution in [0.3, 0.4) is 0 Å². The minimum absolute atomic E-state index is 0.0849. The van der Waals surface area contributed by atoms with E-state index in [9.17, 15) is 13.6 Å². The Morgan fingerprint density at radius 2 is 1.93 bits per heavy atom. The Bertz CT molecular complexity index is 981. The van der Waals surface area contributed by atoms with E-state index in [0.717, 1.165) is 0 Å². The molecule has 27 heavy (non-hydrogen) atoms. The molecule has 5 nitrogen and oxygen atoms in total. The summed E-state index contributed by atoms with van der Waals surface area (Å²) in [5.74, 6) is -0.571. The summed E-state index contributed by atoms with van der Waals surface area (Å²) in [6.45, 7) is -3.05. The zero-order valence-corrected chi connectivity index (χ0v) is 14.9. The molecule has 0 saturated heterocycles. The number of carbonyl (C=O) groups excluding carboxylic acids is 1. The van der Waals surface area contributed by atoms with E-state index in [4.69, 9.17) is 21.1 Å². The van der Waals surface area contributed by atoms with Crippen LogP contribution < -0.4 is 9.47 Å². The standard InChI is InChI=1S/C19H14ClF2NO4/c1-25-16-8-11(6-7-15(16)27-19(21)22)10-26-18(24)13-9-17(20)23-14-5-3-2-4-12(13)14/h2-9,19H,10H2,1H3. The van der Waals surface area contributed by atoms with Crippen molar-refractivity contribution in [2.45, 2.75) is 13.2 Å². The van der Waals surface area contributed by atoms with Crippen molar-refractivity contribution in [3.05, 3.63) is 64.8 Å². The molecule has 140 valence electrons. The molecule has 3 rings (SSSR count). The van der Waals surface area contributed by atoms with Crippen LogP contribution in [0.2, 0.25) is 5.15 Å².